The number of nitrogens with one attached hydrogen (secondary N) is 1. The predicted molar refractivity (Wildman–Crippen MR) is 120 cm³/mol. The van der Waals surface area contributed by atoms with Gasteiger partial charge in [0.15, 0.2) is 0 Å². The Hall–Kier alpha value is -2.66. The van der Waals surface area contributed by atoms with Crippen molar-refractivity contribution in [3.63, 3.8) is 0 Å². The van der Waals surface area contributed by atoms with Gasteiger partial charge in [0.1, 0.15) is 10.7 Å². The van der Waals surface area contributed by atoms with E-state index in [1.54, 1.807) is 0 Å². The molecule has 0 radical (unpaired) electrons. The normalized spacial score (nSPS) is 14.9. The van der Waals surface area contributed by atoms with Crippen molar-refractivity contribution >= 4 is 33.0 Å². The standard InChI is InChI=1S/C22H22FN3O4S2/c23-19-7-6-17(13-20(19)32(28,29)26-8-10-30-11-9-26)24-21(27)14-18-15-31-22(25-18)12-16-4-2-1-3-5-16/h1-7,13,15H,8-12,14H2,(H,24,27). The number of amides is 1. The van der Waals surface area contributed by atoms with Crippen LogP contribution in [0.3, 0.4) is 0 Å². The number of ether oxygens (including phenoxy) is 1. The van der Waals surface area contributed by atoms with Crippen LogP contribution in [0.15, 0.2) is 58.8 Å². The summed E-state index contributed by atoms with van der Waals surface area (Å²) < 4.78 is 46.3. The lowest BCUT2D eigenvalue weighted by Crippen LogP contribution is -2.40. The topological polar surface area (TPSA) is 88.6 Å². The molecule has 1 aliphatic rings. The largest absolute Gasteiger partial charge is 0.379 e. The van der Waals surface area contributed by atoms with Crippen LogP contribution in [0.4, 0.5) is 10.1 Å². The second-order valence-corrected chi connectivity index (χ2v) is 10.1. The van der Waals surface area contributed by atoms with E-state index in [4.69, 9.17) is 4.74 Å². The second kappa shape index (κ2) is 9.86. The van der Waals surface area contributed by atoms with Gasteiger partial charge in [0.05, 0.1) is 30.3 Å². The van der Waals surface area contributed by atoms with Crippen LogP contribution in [0.5, 0.6) is 0 Å². The number of morpholine rings is 1. The van der Waals surface area contributed by atoms with Gasteiger partial charge in [-0.15, -0.1) is 11.3 Å². The van der Waals surface area contributed by atoms with E-state index in [2.05, 4.69) is 10.3 Å². The van der Waals surface area contributed by atoms with E-state index in [1.165, 1.54) is 21.7 Å². The molecule has 32 heavy (non-hydrogen) atoms. The quantitative estimate of drug-likeness (QED) is 0.567. The molecule has 1 N–H and O–H groups in total. The molecule has 4 rings (SSSR count). The zero-order valence-electron chi connectivity index (χ0n) is 17.2. The molecule has 1 aliphatic heterocycles. The maximum absolute atomic E-state index is 14.3. The number of halogens is 1. The van der Waals surface area contributed by atoms with Crippen molar-refractivity contribution < 1.29 is 22.3 Å². The fourth-order valence-electron chi connectivity index (χ4n) is 3.36. The molecule has 1 saturated heterocycles. The Morgan fingerprint density at radius 2 is 1.91 bits per heavy atom. The van der Waals surface area contributed by atoms with E-state index in [0.29, 0.717) is 12.1 Å². The molecule has 1 fully saturated rings. The summed E-state index contributed by atoms with van der Waals surface area (Å²) in [6.45, 7) is 0.843. The van der Waals surface area contributed by atoms with Crippen LogP contribution >= 0.6 is 11.3 Å². The van der Waals surface area contributed by atoms with E-state index in [-0.39, 0.29) is 44.3 Å². The smallest absolute Gasteiger partial charge is 0.246 e. The number of thiazole rings is 1. The molecular formula is C22H22FN3O4S2. The highest BCUT2D eigenvalue weighted by Crippen LogP contribution is 2.24. The van der Waals surface area contributed by atoms with Gasteiger partial charge in [0.25, 0.3) is 0 Å². The third-order valence-corrected chi connectivity index (χ3v) is 7.75. The Morgan fingerprint density at radius 3 is 2.66 bits per heavy atom. The SMILES string of the molecule is O=C(Cc1csc(Cc2ccccc2)n1)Nc1ccc(F)c(S(=O)(=O)N2CCOCC2)c1. The molecule has 168 valence electrons. The number of benzene rings is 2. The van der Waals surface area contributed by atoms with Gasteiger partial charge in [-0.25, -0.2) is 17.8 Å². The summed E-state index contributed by atoms with van der Waals surface area (Å²) in [6, 6.07) is 13.5. The van der Waals surface area contributed by atoms with Crippen molar-refractivity contribution in [1.82, 2.24) is 9.29 Å². The van der Waals surface area contributed by atoms with Crippen molar-refractivity contribution in [1.29, 1.82) is 0 Å². The molecule has 2 heterocycles. The monoisotopic (exact) mass is 475 g/mol. The molecule has 7 nitrogen and oxygen atoms in total. The van der Waals surface area contributed by atoms with Crippen LogP contribution in [0.1, 0.15) is 16.3 Å². The van der Waals surface area contributed by atoms with Gasteiger partial charge < -0.3 is 10.1 Å². The zero-order chi connectivity index (χ0) is 22.6. The van der Waals surface area contributed by atoms with Gasteiger partial charge in [0, 0.05) is 30.6 Å². The Balaban J connectivity index is 1.42. The minimum atomic E-state index is -4.02. The van der Waals surface area contributed by atoms with Crippen molar-refractivity contribution in [3.8, 4) is 0 Å². The summed E-state index contributed by atoms with van der Waals surface area (Å²) in [4.78, 5) is 16.5. The molecule has 0 spiro atoms. The van der Waals surface area contributed by atoms with Crippen LogP contribution in [-0.2, 0) is 32.4 Å². The molecule has 1 aromatic heterocycles. The van der Waals surface area contributed by atoms with Crippen molar-refractivity contribution in [3.05, 3.63) is 76.0 Å². The first-order chi connectivity index (χ1) is 15.4. The lowest BCUT2D eigenvalue weighted by Gasteiger charge is -2.26. The molecule has 1 amide bonds. The number of hydrogen-bond donors (Lipinski definition) is 1. The minimum Gasteiger partial charge on any atom is -0.379 e. The lowest BCUT2D eigenvalue weighted by atomic mass is 10.2. The Morgan fingerprint density at radius 1 is 1.16 bits per heavy atom. The summed E-state index contributed by atoms with van der Waals surface area (Å²) in [7, 11) is -4.02. The molecule has 10 heteroatoms. The number of carbonyl (C=O) groups excluding carboxylic acids is 1. The summed E-state index contributed by atoms with van der Waals surface area (Å²) in [5, 5.41) is 5.38. The van der Waals surface area contributed by atoms with Gasteiger partial charge in [-0.1, -0.05) is 30.3 Å². The van der Waals surface area contributed by atoms with E-state index >= 15 is 0 Å². The van der Waals surface area contributed by atoms with Crippen LogP contribution in [0, 0.1) is 5.82 Å². The fraction of sp³-hybridized carbons (Fsp3) is 0.273. The maximum atomic E-state index is 14.3. The first-order valence-corrected chi connectivity index (χ1v) is 12.4. The number of nitrogens with zero attached hydrogens (tertiary/aromatic N) is 2. The third kappa shape index (κ3) is 5.39. The Kier molecular flexibility index (Phi) is 6.95. The Labute approximate surface area is 189 Å². The average Bonchev–Trinajstić information content (AvgIpc) is 3.22. The first kappa shape index (κ1) is 22.5. The molecule has 0 saturated carbocycles. The number of aromatic nitrogens is 1. The van der Waals surface area contributed by atoms with E-state index in [1.807, 2.05) is 35.7 Å². The third-order valence-electron chi connectivity index (χ3n) is 4.94. The van der Waals surface area contributed by atoms with E-state index in [9.17, 15) is 17.6 Å². The minimum absolute atomic E-state index is 0.0359. The van der Waals surface area contributed by atoms with Crippen molar-refractivity contribution in [2.75, 3.05) is 31.6 Å². The first-order valence-electron chi connectivity index (χ1n) is 10.1. The maximum Gasteiger partial charge on any atom is 0.246 e. The van der Waals surface area contributed by atoms with Crippen molar-refractivity contribution in [2.24, 2.45) is 0 Å². The highest BCUT2D eigenvalue weighted by Gasteiger charge is 2.29. The van der Waals surface area contributed by atoms with Crippen LogP contribution in [0.25, 0.3) is 0 Å². The Bertz CT molecular complexity index is 1190. The zero-order valence-corrected chi connectivity index (χ0v) is 18.8. The van der Waals surface area contributed by atoms with E-state index < -0.39 is 20.7 Å². The van der Waals surface area contributed by atoms with Gasteiger partial charge in [-0.2, -0.15) is 4.31 Å². The van der Waals surface area contributed by atoms with E-state index in [0.717, 1.165) is 22.7 Å². The summed E-state index contributed by atoms with van der Waals surface area (Å²) in [5.74, 6) is -1.22. The molecule has 3 aromatic rings. The van der Waals surface area contributed by atoms with Gasteiger partial charge in [0.2, 0.25) is 15.9 Å². The molecule has 0 unspecified atom stereocenters. The number of anilines is 1. The lowest BCUT2D eigenvalue weighted by molar-refractivity contribution is -0.115. The number of sulfonamides is 1. The second-order valence-electron chi connectivity index (χ2n) is 7.28. The van der Waals surface area contributed by atoms with Crippen LogP contribution in [-0.4, -0.2) is 49.9 Å². The molecule has 2 aromatic carbocycles. The van der Waals surface area contributed by atoms with Crippen molar-refractivity contribution in [2.45, 2.75) is 17.7 Å². The highest BCUT2D eigenvalue weighted by atomic mass is 32.2. The highest BCUT2D eigenvalue weighted by molar-refractivity contribution is 7.89. The number of hydrogen-bond acceptors (Lipinski definition) is 6. The molecule has 0 atom stereocenters. The van der Waals surface area contributed by atoms with Gasteiger partial charge >= 0.3 is 0 Å². The summed E-state index contributed by atoms with van der Waals surface area (Å²) in [6.07, 6.45) is 0.724. The number of carbonyl (C=O) groups is 1. The summed E-state index contributed by atoms with van der Waals surface area (Å²) in [5.41, 5.74) is 1.97. The van der Waals surface area contributed by atoms with Crippen LogP contribution < -0.4 is 5.32 Å². The molecular weight excluding hydrogens is 453 g/mol. The number of rotatable bonds is 7. The molecule has 0 aliphatic carbocycles. The summed E-state index contributed by atoms with van der Waals surface area (Å²) >= 11 is 1.48. The average molecular weight is 476 g/mol. The fourth-order valence-corrected chi connectivity index (χ4v) is 5.68. The van der Waals surface area contributed by atoms with Gasteiger partial charge in [-0.05, 0) is 23.8 Å². The predicted octanol–water partition coefficient (Wildman–Crippen LogP) is 3.08. The van der Waals surface area contributed by atoms with Crippen LogP contribution in [0.2, 0.25) is 0 Å². The molecule has 0 bridgehead atoms. The van der Waals surface area contributed by atoms with Gasteiger partial charge in [-0.3, -0.25) is 4.79 Å².